The van der Waals surface area contributed by atoms with Gasteiger partial charge in [-0.2, -0.15) is 0 Å². The standard InChI is InChI=1S/C17H23IO5/c1-17(2)22-15-13(10-20-9-11-6-4-3-5-7-11)21-12(8-19)14(18)16(15)23-17/h3-7,12-16,19H,8-10H2,1-2H3/t12-,13-,14-,15-,16+/m1/s1. The molecule has 2 aliphatic rings. The number of ether oxygens (including phenoxy) is 4. The molecule has 5 nitrogen and oxygen atoms in total. The molecule has 0 unspecified atom stereocenters. The first-order chi connectivity index (χ1) is 11.0. The minimum absolute atomic E-state index is 0.0319. The Morgan fingerprint density at radius 1 is 1.13 bits per heavy atom. The molecule has 23 heavy (non-hydrogen) atoms. The van der Waals surface area contributed by atoms with E-state index in [0.29, 0.717) is 13.2 Å². The van der Waals surface area contributed by atoms with Crippen molar-refractivity contribution in [3.05, 3.63) is 35.9 Å². The summed E-state index contributed by atoms with van der Waals surface area (Å²) >= 11 is 2.28. The Morgan fingerprint density at radius 3 is 2.52 bits per heavy atom. The largest absolute Gasteiger partial charge is 0.394 e. The molecule has 3 rings (SSSR count). The number of aliphatic hydroxyl groups excluding tert-OH is 1. The van der Waals surface area contributed by atoms with E-state index in [1.54, 1.807) is 0 Å². The number of benzene rings is 1. The Bertz CT molecular complexity index is 509. The highest BCUT2D eigenvalue weighted by molar-refractivity contribution is 14.1. The van der Waals surface area contributed by atoms with Crippen LogP contribution in [0.3, 0.4) is 0 Å². The molecule has 0 aromatic heterocycles. The molecule has 1 aromatic carbocycles. The summed E-state index contributed by atoms with van der Waals surface area (Å²) in [7, 11) is 0. The van der Waals surface area contributed by atoms with E-state index in [-0.39, 0.29) is 34.9 Å². The molecule has 1 N–H and O–H groups in total. The molecule has 0 amide bonds. The van der Waals surface area contributed by atoms with Gasteiger partial charge in [-0.05, 0) is 19.4 Å². The van der Waals surface area contributed by atoms with Gasteiger partial charge < -0.3 is 24.1 Å². The first-order valence-electron chi connectivity index (χ1n) is 7.88. The second-order valence-corrected chi connectivity index (χ2v) is 7.84. The molecule has 0 bridgehead atoms. The molecule has 6 heteroatoms. The van der Waals surface area contributed by atoms with E-state index >= 15 is 0 Å². The molecule has 1 aromatic rings. The minimum atomic E-state index is -0.635. The Kier molecular flexibility index (Phi) is 5.60. The highest BCUT2D eigenvalue weighted by Gasteiger charge is 2.54. The maximum absolute atomic E-state index is 9.57. The third-order valence-corrected chi connectivity index (χ3v) is 5.63. The van der Waals surface area contributed by atoms with E-state index in [2.05, 4.69) is 22.6 Å². The zero-order valence-electron chi connectivity index (χ0n) is 13.4. The van der Waals surface area contributed by atoms with Gasteiger partial charge in [0.15, 0.2) is 5.79 Å². The zero-order valence-corrected chi connectivity index (χ0v) is 15.5. The summed E-state index contributed by atoms with van der Waals surface area (Å²) in [6, 6.07) is 10.0. The van der Waals surface area contributed by atoms with E-state index in [0.717, 1.165) is 5.56 Å². The van der Waals surface area contributed by atoms with Gasteiger partial charge >= 0.3 is 0 Å². The first-order valence-corrected chi connectivity index (χ1v) is 9.12. The Balaban J connectivity index is 1.63. The van der Waals surface area contributed by atoms with Crippen molar-refractivity contribution < 1.29 is 24.1 Å². The second kappa shape index (κ2) is 7.33. The summed E-state index contributed by atoms with van der Waals surface area (Å²) in [5, 5.41) is 9.57. The van der Waals surface area contributed by atoms with Crippen molar-refractivity contribution in [1.29, 1.82) is 0 Å². The zero-order chi connectivity index (χ0) is 16.4. The van der Waals surface area contributed by atoms with E-state index in [4.69, 9.17) is 18.9 Å². The Hall–Kier alpha value is -0.250. The summed E-state index contributed by atoms with van der Waals surface area (Å²) in [4.78, 5) is 0. The van der Waals surface area contributed by atoms with Crippen molar-refractivity contribution in [2.75, 3.05) is 13.2 Å². The molecule has 2 saturated heterocycles. The molecule has 0 radical (unpaired) electrons. The maximum Gasteiger partial charge on any atom is 0.163 e. The normalized spacial score (nSPS) is 35.9. The minimum Gasteiger partial charge on any atom is -0.394 e. The number of halogens is 1. The van der Waals surface area contributed by atoms with E-state index < -0.39 is 5.79 Å². The Morgan fingerprint density at radius 2 is 1.83 bits per heavy atom. The van der Waals surface area contributed by atoms with Gasteiger partial charge in [0.25, 0.3) is 0 Å². The van der Waals surface area contributed by atoms with Crippen LogP contribution >= 0.6 is 22.6 Å². The molecule has 2 aliphatic heterocycles. The molecule has 2 heterocycles. The SMILES string of the molecule is CC1(C)O[C@H]2[C@H](I)[C@@H](CO)O[C@H](COCc3ccccc3)[C@H]2O1. The van der Waals surface area contributed by atoms with E-state index in [1.807, 2.05) is 44.2 Å². The highest BCUT2D eigenvalue weighted by Crippen LogP contribution is 2.40. The lowest BCUT2D eigenvalue weighted by Crippen LogP contribution is -2.56. The fourth-order valence-electron chi connectivity index (χ4n) is 3.08. The van der Waals surface area contributed by atoms with Crippen LogP contribution in [0.4, 0.5) is 0 Å². The Labute approximate surface area is 150 Å². The van der Waals surface area contributed by atoms with Crippen LogP contribution in [-0.4, -0.2) is 52.4 Å². The monoisotopic (exact) mass is 434 g/mol. The van der Waals surface area contributed by atoms with Crippen LogP contribution in [0, 0.1) is 0 Å². The van der Waals surface area contributed by atoms with Crippen LogP contribution < -0.4 is 0 Å². The summed E-state index contributed by atoms with van der Waals surface area (Å²) in [5.74, 6) is -0.635. The number of hydrogen-bond acceptors (Lipinski definition) is 5. The summed E-state index contributed by atoms with van der Waals surface area (Å²) < 4.78 is 23.9. The van der Waals surface area contributed by atoms with E-state index in [9.17, 15) is 5.11 Å². The van der Waals surface area contributed by atoms with Gasteiger partial charge in [0, 0.05) is 0 Å². The van der Waals surface area contributed by atoms with Crippen molar-refractivity contribution in [3.8, 4) is 0 Å². The van der Waals surface area contributed by atoms with Crippen molar-refractivity contribution in [3.63, 3.8) is 0 Å². The molecule has 0 spiro atoms. The molecular weight excluding hydrogens is 411 g/mol. The third-order valence-electron chi connectivity index (χ3n) is 4.12. The number of rotatable bonds is 5. The molecule has 128 valence electrons. The van der Waals surface area contributed by atoms with Crippen LogP contribution in [0.25, 0.3) is 0 Å². The van der Waals surface area contributed by atoms with Gasteiger partial charge in [0.2, 0.25) is 0 Å². The quantitative estimate of drug-likeness (QED) is 0.570. The average Bonchev–Trinajstić information content (AvgIpc) is 2.87. The van der Waals surface area contributed by atoms with Crippen molar-refractivity contribution in [2.24, 2.45) is 0 Å². The fraction of sp³-hybridized carbons (Fsp3) is 0.647. The van der Waals surface area contributed by atoms with Crippen LogP contribution in [0.15, 0.2) is 30.3 Å². The van der Waals surface area contributed by atoms with Gasteiger partial charge in [-0.3, -0.25) is 0 Å². The average molecular weight is 434 g/mol. The predicted molar refractivity (Wildman–Crippen MR) is 93.5 cm³/mol. The number of alkyl halides is 1. The second-order valence-electron chi connectivity index (χ2n) is 6.41. The van der Waals surface area contributed by atoms with Crippen molar-refractivity contribution in [1.82, 2.24) is 0 Å². The predicted octanol–water partition coefficient (Wildman–Crippen LogP) is 2.29. The molecule has 5 atom stereocenters. The lowest BCUT2D eigenvalue weighted by Gasteiger charge is -2.39. The van der Waals surface area contributed by atoms with Crippen molar-refractivity contribution >= 4 is 22.6 Å². The van der Waals surface area contributed by atoms with Gasteiger partial charge in [0.05, 0.1) is 29.8 Å². The van der Waals surface area contributed by atoms with Gasteiger partial charge in [0.1, 0.15) is 18.3 Å². The number of hydrogen-bond donors (Lipinski definition) is 1. The lowest BCUT2D eigenvalue weighted by molar-refractivity contribution is -0.173. The number of fused-ring (bicyclic) bond motifs is 1. The molecular formula is C17H23IO5. The van der Waals surface area contributed by atoms with Gasteiger partial charge in [-0.25, -0.2) is 0 Å². The molecule has 0 saturated carbocycles. The first kappa shape index (κ1) is 17.6. The lowest BCUT2D eigenvalue weighted by atomic mass is 9.98. The molecule has 0 aliphatic carbocycles. The topological polar surface area (TPSA) is 57.2 Å². The fourth-order valence-corrected chi connectivity index (χ4v) is 4.04. The summed E-state index contributed by atoms with van der Waals surface area (Å²) in [5.41, 5.74) is 1.12. The smallest absolute Gasteiger partial charge is 0.163 e. The number of aliphatic hydroxyl groups is 1. The summed E-state index contributed by atoms with van der Waals surface area (Å²) in [6.45, 7) is 4.72. The van der Waals surface area contributed by atoms with Crippen LogP contribution in [-0.2, 0) is 25.6 Å². The molecule has 2 fully saturated rings. The van der Waals surface area contributed by atoms with Crippen LogP contribution in [0.1, 0.15) is 19.4 Å². The van der Waals surface area contributed by atoms with Crippen molar-refractivity contribution in [2.45, 2.75) is 54.6 Å². The van der Waals surface area contributed by atoms with Crippen LogP contribution in [0.5, 0.6) is 0 Å². The van der Waals surface area contributed by atoms with E-state index in [1.165, 1.54) is 0 Å². The van der Waals surface area contributed by atoms with Crippen LogP contribution in [0.2, 0.25) is 0 Å². The third kappa shape index (κ3) is 4.05. The summed E-state index contributed by atoms with van der Waals surface area (Å²) in [6.07, 6.45) is -0.777. The maximum atomic E-state index is 9.57. The van der Waals surface area contributed by atoms with Gasteiger partial charge in [-0.1, -0.05) is 52.9 Å². The van der Waals surface area contributed by atoms with Gasteiger partial charge in [-0.15, -0.1) is 0 Å². The highest BCUT2D eigenvalue weighted by atomic mass is 127.